The van der Waals surface area contributed by atoms with Crippen molar-refractivity contribution >= 4 is 12.6 Å². The van der Waals surface area contributed by atoms with Crippen molar-refractivity contribution in [1.82, 2.24) is 4.98 Å². The molecule has 54 valence electrons. The summed E-state index contributed by atoms with van der Waals surface area (Å²) in [6, 6.07) is 3.59. The van der Waals surface area contributed by atoms with Crippen LogP contribution in [-0.4, -0.2) is 10.1 Å². The van der Waals surface area contributed by atoms with Gasteiger partial charge in [0, 0.05) is 11.1 Å². The Hall–Kier alpha value is -0.540. The van der Waals surface area contributed by atoms with Crippen LogP contribution in [0.4, 0.5) is 0 Å². The van der Waals surface area contributed by atoms with Crippen LogP contribution < -0.4 is 0 Å². The van der Waals surface area contributed by atoms with Gasteiger partial charge in [-0.2, -0.15) is 0 Å². The minimum absolute atomic E-state index is 0.534. The van der Waals surface area contributed by atoms with Crippen LogP contribution in [0, 0.1) is 0 Å². The molecule has 10 heavy (non-hydrogen) atoms. The Morgan fingerprint density at radius 1 is 1.70 bits per heavy atom. The van der Waals surface area contributed by atoms with E-state index in [-0.39, 0.29) is 0 Å². The molecule has 0 aromatic carbocycles. The van der Waals surface area contributed by atoms with Crippen LogP contribution in [0.5, 0.6) is 0 Å². The molecule has 0 saturated carbocycles. The highest BCUT2D eigenvalue weighted by Gasteiger charge is 2.04. The highest BCUT2D eigenvalue weighted by Crippen LogP contribution is 2.16. The fourth-order valence-corrected chi connectivity index (χ4v) is 1.06. The van der Waals surface area contributed by atoms with E-state index in [0.717, 1.165) is 4.90 Å². The number of hydrogen-bond donors (Lipinski definition) is 2. The van der Waals surface area contributed by atoms with Crippen LogP contribution in [0.2, 0.25) is 0 Å². The normalized spacial score (nSPS) is 13.1. The Labute approximate surface area is 65.3 Å². The van der Waals surface area contributed by atoms with E-state index in [1.807, 2.05) is 0 Å². The first-order chi connectivity index (χ1) is 4.72. The third kappa shape index (κ3) is 1.49. The van der Waals surface area contributed by atoms with Crippen molar-refractivity contribution < 1.29 is 5.11 Å². The summed E-state index contributed by atoms with van der Waals surface area (Å²) in [7, 11) is 0. The maximum Gasteiger partial charge on any atom is 0.0943 e. The Kier molecular flexibility index (Phi) is 2.29. The Morgan fingerprint density at radius 2 is 2.40 bits per heavy atom. The van der Waals surface area contributed by atoms with Crippen molar-refractivity contribution in [3.05, 3.63) is 24.0 Å². The first-order valence-corrected chi connectivity index (χ1v) is 3.48. The van der Waals surface area contributed by atoms with E-state index in [1.54, 1.807) is 25.3 Å². The van der Waals surface area contributed by atoms with Crippen LogP contribution in [0.15, 0.2) is 23.2 Å². The van der Waals surface area contributed by atoms with Gasteiger partial charge < -0.3 is 5.11 Å². The SMILES string of the molecule is CC(O)c1ncccc1S. The number of thiol groups is 1. The minimum atomic E-state index is -0.534. The molecule has 0 aliphatic rings. The summed E-state index contributed by atoms with van der Waals surface area (Å²) in [5.41, 5.74) is 0.630. The molecule has 1 N–H and O–H groups in total. The Bertz CT molecular complexity index is 225. The predicted molar refractivity (Wildman–Crippen MR) is 42.1 cm³/mol. The molecular formula is C7H9NOS. The number of rotatable bonds is 1. The predicted octanol–water partition coefficient (Wildman–Crippen LogP) is 1.42. The highest BCUT2D eigenvalue weighted by atomic mass is 32.1. The van der Waals surface area contributed by atoms with Crippen molar-refractivity contribution in [1.29, 1.82) is 0 Å². The number of aliphatic hydroxyl groups excluding tert-OH is 1. The summed E-state index contributed by atoms with van der Waals surface area (Å²) < 4.78 is 0. The van der Waals surface area contributed by atoms with E-state index in [9.17, 15) is 0 Å². The van der Waals surface area contributed by atoms with Gasteiger partial charge in [-0.25, -0.2) is 0 Å². The summed E-state index contributed by atoms with van der Waals surface area (Å²) in [5, 5.41) is 9.09. The quantitative estimate of drug-likeness (QED) is 0.601. The van der Waals surface area contributed by atoms with Gasteiger partial charge in [-0.1, -0.05) is 0 Å². The maximum atomic E-state index is 9.09. The van der Waals surface area contributed by atoms with Crippen molar-refractivity contribution in [2.45, 2.75) is 17.9 Å². The summed E-state index contributed by atoms with van der Waals surface area (Å²) in [4.78, 5) is 4.69. The van der Waals surface area contributed by atoms with E-state index in [4.69, 9.17) is 5.11 Å². The molecule has 1 aromatic heterocycles. The molecule has 0 aliphatic carbocycles. The van der Waals surface area contributed by atoms with E-state index in [1.165, 1.54) is 0 Å². The molecule has 0 spiro atoms. The lowest BCUT2D eigenvalue weighted by molar-refractivity contribution is 0.191. The van der Waals surface area contributed by atoms with Crippen LogP contribution in [-0.2, 0) is 0 Å². The van der Waals surface area contributed by atoms with Crippen LogP contribution >= 0.6 is 12.6 Å². The Morgan fingerprint density at radius 3 is 2.80 bits per heavy atom. The zero-order valence-corrected chi connectivity index (χ0v) is 6.55. The van der Waals surface area contributed by atoms with Crippen molar-refractivity contribution in [3.8, 4) is 0 Å². The van der Waals surface area contributed by atoms with Crippen LogP contribution in [0.3, 0.4) is 0 Å². The van der Waals surface area contributed by atoms with Gasteiger partial charge in [-0.05, 0) is 19.1 Å². The van der Waals surface area contributed by atoms with E-state index in [2.05, 4.69) is 17.6 Å². The van der Waals surface area contributed by atoms with Gasteiger partial charge in [0.2, 0.25) is 0 Å². The molecule has 1 heterocycles. The fourth-order valence-electron chi connectivity index (χ4n) is 0.731. The molecule has 2 nitrogen and oxygen atoms in total. The second-order valence-electron chi connectivity index (χ2n) is 2.08. The lowest BCUT2D eigenvalue weighted by Gasteiger charge is -2.04. The zero-order valence-electron chi connectivity index (χ0n) is 5.65. The van der Waals surface area contributed by atoms with E-state index >= 15 is 0 Å². The topological polar surface area (TPSA) is 33.1 Å². The van der Waals surface area contributed by atoms with E-state index < -0.39 is 6.10 Å². The highest BCUT2D eigenvalue weighted by molar-refractivity contribution is 7.80. The molecule has 0 saturated heterocycles. The molecule has 1 aromatic rings. The van der Waals surface area contributed by atoms with Crippen LogP contribution in [0.1, 0.15) is 18.7 Å². The second-order valence-corrected chi connectivity index (χ2v) is 2.57. The van der Waals surface area contributed by atoms with Crippen molar-refractivity contribution in [3.63, 3.8) is 0 Å². The lowest BCUT2D eigenvalue weighted by Crippen LogP contribution is -1.95. The maximum absolute atomic E-state index is 9.09. The van der Waals surface area contributed by atoms with Gasteiger partial charge in [0.25, 0.3) is 0 Å². The lowest BCUT2D eigenvalue weighted by atomic mass is 10.2. The minimum Gasteiger partial charge on any atom is -0.387 e. The van der Waals surface area contributed by atoms with E-state index in [0.29, 0.717) is 5.69 Å². The van der Waals surface area contributed by atoms with Gasteiger partial charge in [0.15, 0.2) is 0 Å². The molecule has 0 bridgehead atoms. The number of hydrogen-bond acceptors (Lipinski definition) is 3. The first-order valence-electron chi connectivity index (χ1n) is 3.03. The first kappa shape index (κ1) is 7.57. The fraction of sp³-hybridized carbons (Fsp3) is 0.286. The largest absolute Gasteiger partial charge is 0.387 e. The van der Waals surface area contributed by atoms with Crippen LogP contribution in [0.25, 0.3) is 0 Å². The van der Waals surface area contributed by atoms with Gasteiger partial charge in [-0.3, -0.25) is 4.98 Å². The molecular weight excluding hydrogens is 146 g/mol. The molecule has 0 radical (unpaired) electrons. The average molecular weight is 155 g/mol. The molecule has 0 fully saturated rings. The Balaban J connectivity index is 3.03. The second kappa shape index (κ2) is 3.03. The summed E-state index contributed by atoms with van der Waals surface area (Å²) >= 11 is 4.11. The third-order valence-corrected chi connectivity index (χ3v) is 1.59. The van der Waals surface area contributed by atoms with Gasteiger partial charge in [0.1, 0.15) is 0 Å². The zero-order chi connectivity index (χ0) is 7.56. The summed E-state index contributed by atoms with van der Waals surface area (Å²) in [6.45, 7) is 1.67. The number of aliphatic hydroxyl groups is 1. The molecule has 1 unspecified atom stereocenters. The smallest absolute Gasteiger partial charge is 0.0943 e. The number of aromatic nitrogens is 1. The van der Waals surface area contributed by atoms with Crippen molar-refractivity contribution in [2.75, 3.05) is 0 Å². The standard InChI is InChI=1S/C7H9NOS/c1-5(9)7-6(10)3-2-4-8-7/h2-5,9-10H,1H3. The molecule has 3 heteroatoms. The molecule has 0 amide bonds. The third-order valence-electron chi connectivity index (χ3n) is 1.21. The number of pyridine rings is 1. The van der Waals surface area contributed by atoms with Crippen molar-refractivity contribution in [2.24, 2.45) is 0 Å². The average Bonchev–Trinajstić information content (AvgIpc) is 1.88. The molecule has 0 aliphatic heterocycles. The molecule has 1 atom stereocenters. The van der Waals surface area contributed by atoms with Gasteiger partial charge in [-0.15, -0.1) is 12.6 Å². The van der Waals surface area contributed by atoms with Gasteiger partial charge in [0.05, 0.1) is 11.8 Å². The number of nitrogens with zero attached hydrogens (tertiary/aromatic N) is 1. The molecule has 1 rings (SSSR count). The van der Waals surface area contributed by atoms with Gasteiger partial charge >= 0.3 is 0 Å². The summed E-state index contributed by atoms with van der Waals surface area (Å²) in [6.07, 6.45) is 1.11. The summed E-state index contributed by atoms with van der Waals surface area (Å²) in [5.74, 6) is 0. The monoisotopic (exact) mass is 155 g/mol.